The number of rotatable bonds is 4. The molecule has 0 amide bonds. The van der Waals surface area contributed by atoms with Crippen molar-refractivity contribution in [3.8, 4) is 0 Å². The molecule has 1 unspecified atom stereocenters. The van der Waals surface area contributed by atoms with E-state index in [0.717, 1.165) is 77.0 Å². The van der Waals surface area contributed by atoms with Gasteiger partial charge in [0.1, 0.15) is 6.10 Å². The molecule has 6 heteroatoms. The maximum atomic E-state index is 14.4. The predicted molar refractivity (Wildman–Crippen MR) is 175 cm³/mol. The Morgan fingerprint density at radius 2 is 1.56 bits per heavy atom. The molecular weight excluding hydrogens is 564 g/mol. The molecule has 6 aliphatic rings. The fourth-order valence-electron chi connectivity index (χ4n) is 12.6. The summed E-state index contributed by atoms with van der Waals surface area (Å²) in [5, 5.41) is 11.0. The van der Waals surface area contributed by atoms with E-state index in [9.17, 15) is 14.7 Å². The van der Waals surface area contributed by atoms with E-state index in [2.05, 4.69) is 54.5 Å². The maximum Gasteiger partial charge on any atom is 0.511 e. The first-order valence-corrected chi connectivity index (χ1v) is 18.6. The van der Waals surface area contributed by atoms with Crippen LogP contribution in [0.25, 0.3) is 0 Å². The van der Waals surface area contributed by atoms with Crippen LogP contribution in [0.1, 0.15) is 145 Å². The van der Waals surface area contributed by atoms with Crippen LogP contribution in [-0.4, -0.2) is 35.7 Å². The van der Waals surface area contributed by atoms with Gasteiger partial charge in [-0.2, -0.15) is 0 Å². The van der Waals surface area contributed by atoms with Crippen LogP contribution in [0.5, 0.6) is 0 Å². The normalized spacial score (nSPS) is 46.6. The van der Waals surface area contributed by atoms with E-state index in [4.69, 9.17) is 14.2 Å². The quantitative estimate of drug-likeness (QED) is 0.190. The lowest BCUT2D eigenvalue weighted by Crippen LogP contribution is -2.65. The molecule has 0 aliphatic heterocycles. The number of allylic oxidation sites excluding steroid dienone is 2. The van der Waals surface area contributed by atoms with Crippen LogP contribution in [0, 0.1) is 56.7 Å². The van der Waals surface area contributed by atoms with E-state index in [1.54, 1.807) is 6.92 Å². The van der Waals surface area contributed by atoms with Gasteiger partial charge in [0.2, 0.25) is 6.29 Å². The number of carbonyl (C=O) groups is 2. The first-order valence-electron chi connectivity index (χ1n) is 18.6. The third-order valence-electron chi connectivity index (χ3n) is 15.7. The van der Waals surface area contributed by atoms with Crippen molar-refractivity contribution < 1.29 is 28.9 Å². The number of ether oxygens (including phenoxy) is 3. The Bertz CT molecular complexity index is 1190. The molecule has 6 nitrogen and oxygen atoms in total. The molecule has 45 heavy (non-hydrogen) atoms. The molecule has 11 atom stereocenters. The zero-order valence-corrected chi connectivity index (χ0v) is 29.6. The summed E-state index contributed by atoms with van der Waals surface area (Å²) in [6.45, 7) is 18.6. The van der Waals surface area contributed by atoms with Gasteiger partial charge in [-0.1, -0.05) is 66.5 Å². The van der Waals surface area contributed by atoms with Crippen LogP contribution in [-0.2, 0) is 19.0 Å². The molecule has 0 aromatic carbocycles. The number of hydrogen-bond donors (Lipinski definition) is 1. The molecule has 254 valence electrons. The van der Waals surface area contributed by atoms with E-state index in [0.29, 0.717) is 23.7 Å². The summed E-state index contributed by atoms with van der Waals surface area (Å²) < 4.78 is 17.1. The van der Waals surface area contributed by atoms with Crippen molar-refractivity contribution in [3.05, 3.63) is 11.6 Å². The number of esters is 1. The first kappa shape index (κ1) is 33.3. The third-order valence-corrected chi connectivity index (χ3v) is 15.7. The molecule has 0 aromatic heterocycles. The Kier molecular flexibility index (Phi) is 8.56. The maximum absolute atomic E-state index is 14.4. The molecule has 0 bridgehead atoms. The number of carbonyl (C=O) groups excluding carboxylic acids is 2. The minimum Gasteiger partial charge on any atom is -0.431 e. The van der Waals surface area contributed by atoms with Gasteiger partial charge in [0.15, 0.2) is 0 Å². The van der Waals surface area contributed by atoms with Crippen LogP contribution < -0.4 is 0 Å². The van der Waals surface area contributed by atoms with E-state index in [1.165, 1.54) is 18.4 Å². The summed E-state index contributed by atoms with van der Waals surface area (Å²) in [4.78, 5) is 26.9. The monoisotopic (exact) mass is 626 g/mol. The topological polar surface area (TPSA) is 82.1 Å². The van der Waals surface area contributed by atoms with Crippen molar-refractivity contribution in [1.29, 1.82) is 0 Å². The SMILES string of the molecule is CC(OC(=O)OC1CCCCC1)OC(=O)[C@]12CC[C@@H](C)[C@H](C)[C@H]1C1=CC[C@@H]3[C@@]4(C)CC[C@H](O)C(C)(C)[C@@H]4CC[C@@]3(C)[C@]1(C)CC2. The molecule has 0 heterocycles. The average Bonchev–Trinajstić information content (AvgIpc) is 2.97. The Morgan fingerprint density at radius 3 is 2.27 bits per heavy atom. The summed E-state index contributed by atoms with van der Waals surface area (Å²) in [7, 11) is 0. The lowest BCUT2D eigenvalue weighted by atomic mass is 9.33. The highest BCUT2D eigenvalue weighted by atomic mass is 16.8. The van der Waals surface area contributed by atoms with Gasteiger partial charge in [0.25, 0.3) is 0 Å². The third kappa shape index (κ3) is 5.03. The zero-order valence-electron chi connectivity index (χ0n) is 29.6. The minimum atomic E-state index is -0.978. The molecule has 6 rings (SSSR count). The van der Waals surface area contributed by atoms with Gasteiger partial charge < -0.3 is 19.3 Å². The standard InChI is InChI=1S/C39H62O6/c1-24-16-21-39(33(41)43-26(3)44-34(42)45-27-12-10-9-11-13-27)23-22-37(7)28(32(39)25(24)2)14-15-30-36(6)19-18-31(40)35(4,5)29(36)17-20-38(30,37)8/h14,24-27,29-32,40H,9-13,15-23H2,1-8H3/t24-,25+,26?,29+,30-,31+,32+,36+,37-,38-,39+/m1/s1. The predicted octanol–water partition coefficient (Wildman–Crippen LogP) is 9.38. The van der Waals surface area contributed by atoms with Crippen molar-refractivity contribution in [3.63, 3.8) is 0 Å². The average molecular weight is 627 g/mol. The smallest absolute Gasteiger partial charge is 0.431 e. The van der Waals surface area contributed by atoms with Gasteiger partial charge in [-0.15, -0.1) is 0 Å². The summed E-state index contributed by atoms with van der Waals surface area (Å²) >= 11 is 0. The van der Waals surface area contributed by atoms with Crippen LogP contribution >= 0.6 is 0 Å². The minimum absolute atomic E-state index is 0.00971. The second-order valence-corrected chi connectivity index (χ2v) is 17.9. The fraction of sp³-hybridized carbons (Fsp3) is 0.897. The molecule has 0 aromatic rings. The molecule has 0 saturated heterocycles. The van der Waals surface area contributed by atoms with Gasteiger partial charge >= 0.3 is 12.1 Å². The first-order chi connectivity index (χ1) is 21.1. The molecule has 6 aliphatic carbocycles. The number of hydrogen-bond acceptors (Lipinski definition) is 6. The highest BCUT2D eigenvalue weighted by Gasteiger charge is 2.69. The lowest BCUT2D eigenvalue weighted by Gasteiger charge is -2.71. The molecule has 0 radical (unpaired) electrons. The van der Waals surface area contributed by atoms with Crippen molar-refractivity contribution in [2.45, 2.75) is 164 Å². The molecule has 5 fully saturated rings. The second kappa shape index (κ2) is 11.5. The van der Waals surface area contributed by atoms with Crippen molar-refractivity contribution in [2.75, 3.05) is 0 Å². The summed E-state index contributed by atoms with van der Waals surface area (Å²) in [5.41, 5.74) is 1.18. The largest absolute Gasteiger partial charge is 0.511 e. The van der Waals surface area contributed by atoms with Crippen LogP contribution in [0.4, 0.5) is 4.79 Å². The van der Waals surface area contributed by atoms with E-state index in [1.807, 2.05) is 0 Å². The van der Waals surface area contributed by atoms with E-state index < -0.39 is 17.9 Å². The Labute approximate surface area is 272 Å². The summed E-state index contributed by atoms with van der Waals surface area (Å²) in [6.07, 6.45) is 14.6. The number of aliphatic hydroxyl groups is 1. The van der Waals surface area contributed by atoms with Gasteiger partial charge in [0, 0.05) is 6.92 Å². The fourth-order valence-corrected chi connectivity index (χ4v) is 12.6. The van der Waals surface area contributed by atoms with Crippen molar-refractivity contribution >= 4 is 12.1 Å². The van der Waals surface area contributed by atoms with E-state index in [-0.39, 0.29) is 45.8 Å². The lowest BCUT2D eigenvalue weighted by molar-refractivity contribution is -0.212. The molecule has 5 saturated carbocycles. The molecule has 1 N–H and O–H groups in total. The Balaban J connectivity index is 1.27. The Hall–Kier alpha value is -1.56. The van der Waals surface area contributed by atoms with Gasteiger partial charge in [-0.05, 0) is 135 Å². The van der Waals surface area contributed by atoms with Crippen LogP contribution in [0.3, 0.4) is 0 Å². The molecule has 0 spiro atoms. The number of fused-ring (bicyclic) bond motifs is 7. The van der Waals surface area contributed by atoms with Crippen molar-refractivity contribution in [2.24, 2.45) is 56.7 Å². The van der Waals surface area contributed by atoms with Gasteiger partial charge in [0.05, 0.1) is 11.5 Å². The Morgan fingerprint density at radius 1 is 0.844 bits per heavy atom. The highest BCUT2D eigenvalue weighted by Crippen LogP contribution is 2.75. The van der Waals surface area contributed by atoms with Gasteiger partial charge in [-0.25, -0.2) is 4.79 Å². The van der Waals surface area contributed by atoms with E-state index >= 15 is 0 Å². The van der Waals surface area contributed by atoms with Crippen LogP contribution in [0.15, 0.2) is 11.6 Å². The summed E-state index contributed by atoms with van der Waals surface area (Å²) in [5.74, 6) is 1.89. The molecular formula is C39H62O6. The van der Waals surface area contributed by atoms with Crippen LogP contribution in [0.2, 0.25) is 0 Å². The zero-order chi connectivity index (χ0) is 32.6. The van der Waals surface area contributed by atoms with Gasteiger partial charge in [-0.3, -0.25) is 4.79 Å². The highest BCUT2D eigenvalue weighted by molar-refractivity contribution is 5.79. The summed E-state index contributed by atoms with van der Waals surface area (Å²) in [6, 6.07) is 0. The second-order valence-electron chi connectivity index (χ2n) is 17.9. The van der Waals surface area contributed by atoms with Crippen molar-refractivity contribution in [1.82, 2.24) is 0 Å². The number of aliphatic hydroxyl groups excluding tert-OH is 1.